The summed E-state index contributed by atoms with van der Waals surface area (Å²) in [6, 6.07) is 8.15. The Morgan fingerprint density at radius 3 is 2.24 bits per heavy atom. The fourth-order valence-corrected chi connectivity index (χ4v) is 2.34. The van der Waals surface area contributed by atoms with Crippen molar-refractivity contribution in [2.45, 2.75) is 40.2 Å². The van der Waals surface area contributed by atoms with Crippen molar-refractivity contribution in [1.29, 1.82) is 0 Å². The molecule has 0 saturated heterocycles. The molecule has 25 heavy (non-hydrogen) atoms. The van der Waals surface area contributed by atoms with Gasteiger partial charge in [0, 0.05) is 20.2 Å². The van der Waals surface area contributed by atoms with E-state index in [2.05, 4.69) is 55.5 Å². The first-order valence-electron chi connectivity index (χ1n) is 8.58. The molecule has 0 radical (unpaired) electrons. The Labute approximate surface area is 170 Å². The second-order valence-corrected chi connectivity index (χ2v) is 6.83. The van der Waals surface area contributed by atoms with Gasteiger partial charge in [0.2, 0.25) is 0 Å². The van der Waals surface area contributed by atoms with Gasteiger partial charge in [0.15, 0.2) is 5.96 Å². The van der Waals surface area contributed by atoms with Crippen LogP contribution in [0.1, 0.15) is 33.3 Å². The first-order chi connectivity index (χ1) is 11.4. The minimum Gasteiger partial charge on any atom is -0.497 e. The zero-order valence-electron chi connectivity index (χ0n) is 16.4. The van der Waals surface area contributed by atoms with E-state index in [0.29, 0.717) is 6.54 Å². The lowest BCUT2D eigenvalue weighted by molar-refractivity contribution is 0.0241. The third kappa shape index (κ3) is 9.30. The van der Waals surface area contributed by atoms with Crippen LogP contribution in [0.25, 0.3) is 0 Å². The van der Waals surface area contributed by atoms with Crippen LogP contribution < -0.4 is 15.4 Å². The summed E-state index contributed by atoms with van der Waals surface area (Å²) in [6.45, 7) is 10.9. The molecule has 1 aromatic carbocycles. The summed E-state index contributed by atoms with van der Waals surface area (Å²) < 4.78 is 10.7. The monoisotopic (exact) mass is 463 g/mol. The summed E-state index contributed by atoms with van der Waals surface area (Å²) in [6.07, 6.45) is 1.02. The lowest BCUT2D eigenvalue weighted by Gasteiger charge is -2.28. The second kappa shape index (κ2) is 12.4. The van der Waals surface area contributed by atoms with E-state index in [-0.39, 0.29) is 35.5 Å². The highest BCUT2D eigenvalue weighted by atomic mass is 127. The first kappa shape index (κ1) is 24.0. The van der Waals surface area contributed by atoms with Crippen molar-refractivity contribution in [1.82, 2.24) is 10.6 Å². The Morgan fingerprint density at radius 1 is 1.12 bits per heavy atom. The second-order valence-electron chi connectivity index (χ2n) is 6.83. The average molecular weight is 463 g/mol. The van der Waals surface area contributed by atoms with Crippen molar-refractivity contribution in [3.05, 3.63) is 29.8 Å². The van der Waals surface area contributed by atoms with Gasteiger partial charge in [-0.15, -0.1) is 24.0 Å². The van der Waals surface area contributed by atoms with Crippen LogP contribution in [0.4, 0.5) is 0 Å². The normalized spacial score (nSPS) is 13.0. The van der Waals surface area contributed by atoms with Gasteiger partial charge in [-0.1, -0.05) is 32.9 Å². The lowest BCUT2D eigenvalue weighted by Crippen LogP contribution is -2.40. The Hall–Kier alpha value is -1.02. The molecule has 0 saturated carbocycles. The average Bonchev–Trinajstić information content (AvgIpc) is 2.54. The molecule has 1 aromatic rings. The van der Waals surface area contributed by atoms with E-state index >= 15 is 0 Å². The molecular weight excluding hydrogens is 429 g/mol. The number of guanidine groups is 1. The van der Waals surface area contributed by atoms with Crippen LogP contribution in [-0.2, 0) is 11.2 Å². The minimum absolute atomic E-state index is 0. The van der Waals surface area contributed by atoms with E-state index in [0.717, 1.165) is 31.2 Å². The van der Waals surface area contributed by atoms with Gasteiger partial charge in [-0.25, -0.2) is 0 Å². The van der Waals surface area contributed by atoms with Gasteiger partial charge in [-0.05, 0) is 36.5 Å². The Morgan fingerprint density at radius 2 is 1.76 bits per heavy atom. The van der Waals surface area contributed by atoms with Gasteiger partial charge < -0.3 is 20.1 Å². The van der Waals surface area contributed by atoms with E-state index in [4.69, 9.17) is 9.47 Å². The van der Waals surface area contributed by atoms with Crippen LogP contribution in [0.3, 0.4) is 0 Å². The molecule has 2 N–H and O–H groups in total. The van der Waals surface area contributed by atoms with Gasteiger partial charge in [0.05, 0.1) is 19.8 Å². The van der Waals surface area contributed by atoms with Gasteiger partial charge in [-0.3, -0.25) is 4.99 Å². The molecule has 0 aliphatic rings. The Balaban J connectivity index is 0.00000576. The summed E-state index contributed by atoms with van der Waals surface area (Å²) in [5.74, 6) is 1.71. The first-order valence-corrected chi connectivity index (χ1v) is 8.58. The highest BCUT2D eigenvalue weighted by molar-refractivity contribution is 14.0. The van der Waals surface area contributed by atoms with Gasteiger partial charge in [-0.2, -0.15) is 0 Å². The summed E-state index contributed by atoms with van der Waals surface area (Å²) in [5.41, 5.74) is 1.34. The van der Waals surface area contributed by atoms with Crippen LogP contribution in [0.15, 0.2) is 29.3 Å². The summed E-state index contributed by atoms with van der Waals surface area (Å²) in [5, 5.41) is 6.66. The number of nitrogens with zero attached hydrogens (tertiary/aromatic N) is 1. The fourth-order valence-electron chi connectivity index (χ4n) is 2.34. The largest absolute Gasteiger partial charge is 0.497 e. The zero-order valence-corrected chi connectivity index (χ0v) is 18.7. The van der Waals surface area contributed by atoms with Crippen LogP contribution in [0, 0.1) is 5.41 Å². The molecule has 0 heterocycles. The molecule has 0 aliphatic carbocycles. The standard InChI is InChI=1S/C19H33N3O2.HI/c1-7-20-18(22-14-17(24-6)19(2,3)4)21-13-12-15-8-10-16(23-5)11-9-15;/h8-11,17H,7,12-14H2,1-6H3,(H2,20,21,22);1H. The predicted octanol–water partition coefficient (Wildman–Crippen LogP) is 3.47. The summed E-state index contributed by atoms with van der Waals surface area (Å²) in [4.78, 5) is 4.66. The molecule has 6 heteroatoms. The van der Waals surface area contributed by atoms with E-state index in [1.54, 1.807) is 14.2 Å². The zero-order chi connectivity index (χ0) is 18.0. The predicted molar refractivity (Wildman–Crippen MR) is 116 cm³/mol. The van der Waals surface area contributed by atoms with Crippen LogP contribution in [-0.4, -0.2) is 45.9 Å². The van der Waals surface area contributed by atoms with Crippen LogP contribution >= 0.6 is 24.0 Å². The fraction of sp³-hybridized carbons (Fsp3) is 0.632. The van der Waals surface area contributed by atoms with Crippen molar-refractivity contribution in [3.63, 3.8) is 0 Å². The highest BCUT2D eigenvalue weighted by Crippen LogP contribution is 2.21. The molecular formula is C19H34IN3O2. The van der Waals surface area contributed by atoms with Gasteiger partial charge in [0.1, 0.15) is 5.75 Å². The molecule has 1 rings (SSSR count). The van der Waals surface area contributed by atoms with Gasteiger partial charge >= 0.3 is 0 Å². The van der Waals surface area contributed by atoms with E-state index in [1.807, 2.05) is 12.1 Å². The number of halogens is 1. The Kier molecular flexibility index (Phi) is 11.8. The molecule has 1 unspecified atom stereocenters. The van der Waals surface area contributed by atoms with E-state index in [1.165, 1.54) is 5.56 Å². The minimum atomic E-state index is 0. The van der Waals surface area contributed by atoms with Crippen molar-refractivity contribution < 1.29 is 9.47 Å². The molecule has 0 amide bonds. The number of hydrogen-bond donors (Lipinski definition) is 2. The lowest BCUT2D eigenvalue weighted by atomic mass is 9.89. The molecule has 0 bridgehead atoms. The van der Waals surface area contributed by atoms with Crippen LogP contribution in [0.5, 0.6) is 5.75 Å². The van der Waals surface area contributed by atoms with Crippen molar-refractivity contribution in [2.24, 2.45) is 10.4 Å². The molecule has 0 fully saturated rings. The maximum Gasteiger partial charge on any atom is 0.191 e. The maximum absolute atomic E-state index is 5.56. The number of rotatable bonds is 8. The summed E-state index contributed by atoms with van der Waals surface area (Å²) >= 11 is 0. The van der Waals surface area contributed by atoms with Crippen molar-refractivity contribution in [3.8, 4) is 5.75 Å². The molecule has 0 aliphatic heterocycles. The quantitative estimate of drug-likeness (QED) is 0.352. The third-order valence-electron chi connectivity index (χ3n) is 3.88. The molecule has 1 atom stereocenters. The molecule has 144 valence electrons. The number of benzene rings is 1. The SMILES string of the molecule is CCNC(=NCC(OC)C(C)(C)C)NCCc1ccc(OC)cc1.I. The number of methoxy groups -OCH3 is 2. The van der Waals surface area contributed by atoms with Crippen molar-refractivity contribution in [2.75, 3.05) is 33.9 Å². The number of nitrogens with one attached hydrogen (secondary N) is 2. The maximum atomic E-state index is 5.56. The number of aliphatic imine (C=N–C) groups is 1. The number of hydrogen-bond acceptors (Lipinski definition) is 3. The Bertz CT molecular complexity index is 498. The topological polar surface area (TPSA) is 54.9 Å². The van der Waals surface area contributed by atoms with Crippen molar-refractivity contribution >= 4 is 29.9 Å². The highest BCUT2D eigenvalue weighted by Gasteiger charge is 2.24. The smallest absolute Gasteiger partial charge is 0.191 e. The van der Waals surface area contributed by atoms with Gasteiger partial charge in [0.25, 0.3) is 0 Å². The molecule has 5 nitrogen and oxygen atoms in total. The van der Waals surface area contributed by atoms with Crippen LogP contribution in [0.2, 0.25) is 0 Å². The van der Waals surface area contributed by atoms with E-state index in [9.17, 15) is 0 Å². The molecule has 0 aromatic heterocycles. The molecule has 0 spiro atoms. The summed E-state index contributed by atoms with van der Waals surface area (Å²) in [7, 11) is 3.43. The number of ether oxygens (including phenoxy) is 2. The van der Waals surface area contributed by atoms with E-state index < -0.39 is 0 Å². The third-order valence-corrected chi connectivity index (χ3v) is 3.88.